The summed E-state index contributed by atoms with van der Waals surface area (Å²) in [6, 6.07) is 7.92. The second-order valence-electron chi connectivity index (χ2n) is 3.30. The van der Waals surface area contributed by atoms with Crippen molar-refractivity contribution in [3.05, 3.63) is 39.5 Å². The quantitative estimate of drug-likeness (QED) is 0.773. The van der Waals surface area contributed by atoms with Crippen LogP contribution in [-0.4, -0.2) is 13.7 Å². The summed E-state index contributed by atoms with van der Waals surface area (Å²) in [5, 5.41) is 0. The summed E-state index contributed by atoms with van der Waals surface area (Å²) in [5.74, 6) is 0.877. The smallest absolute Gasteiger partial charge is 0.118 e. The molecule has 0 aromatic heterocycles. The summed E-state index contributed by atoms with van der Waals surface area (Å²) in [7, 11) is 1.67. The summed E-state index contributed by atoms with van der Waals surface area (Å²) in [4.78, 5) is 0. The lowest BCUT2D eigenvalue weighted by Gasteiger charge is -2.05. The molecule has 0 saturated carbocycles. The Balaban J connectivity index is 2.38. The zero-order valence-electron chi connectivity index (χ0n) is 9.00. The van der Waals surface area contributed by atoms with Crippen LogP contribution in [0.25, 0.3) is 0 Å². The van der Waals surface area contributed by atoms with Gasteiger partial charge in [-0.1, -0.05) is 34.7 Å². The van der Waals surface area contributed by atoms with Gasteiger partial charge in [0, 0.05) is 0 Å². The molecule has 0 radical (unpaired) electrons. The summed E-state index contributed by atoms with van der Waals surface area (Å²) in [5.41, 5.74) is 2.40. The molecule has 0 unspecified atom stereocenters. The third kappa shape index (κ3) is 4.66. The monoisotopic (exact) mass is 318 g/mol. The van der Waals surface area contributed by atoms with Gasteiger partial charge in [-0.25, -0.2) is 0 Å². The third-order valence-corrected chi connectivity index (χ3v) is 3.01. The highest BCUT2D eigenvalue weighted by atomic mass is 127. The van der Waals surface area contributed by atoms with Crippen LogP contribution in [0.3, 0.4) is 0 Å². The van der Waals surface area contributed by atoms with Crippen molar-refractivity contribution in [1.29, 1.82) is 0 Å². The van der Waals surface area contributed by atoms with Gasteiger partial charge in [0.2, 0.25) is 0 Å². The van der Waals surface area contributed by atoms with E-state index in [0.717, 1.165) is 11.3 Å². The predicted molar refractivity (Wildman–Crippen MR) is 70.4 cm³/mol. The normalized spacial score (nSPS) is 11.5. The molecule has 1 aromatic carbocycles. The van der Waals surface area contributed by atoms with Crippen molar-refractivity contribution in [2.45, 2.75) is 13.5 Å². The lowest BCUT2D eigenvalue weighted by molar-refractivity contribution is 0.143. The fraction of sp³-hybridized carbons (Fsp3) is 0.333. The lowest BCUT2D eigenvalue weighted by atomic mass is 10.2. The minimum atomic E-state index is 0.645. The maximum Gasteiger partial charge on any atom is 0.118 e. The molecule has 2 nitrogen and oxygen atoms in total. The van der Waals surface area contributed by atoms with E-state index in [1.807, 2.05) is 28.3 Å². The highest BCUT2D eigenvalue weighted by molar-refractivity contribution is 14.1. The molecule has 0 heterocycles. The van der Waals surface area contributed by atoms with Gasteiger partial charge in [-0.05, 0) is 34.3 Å². The Hall–Kier alpha value is -0.550. The van der Waals surface area contributed by atoms with Gasteiger partial charge in [0.15, 0.2) is 0 Å². The van der Waals surface area contributed by atoms with E-state index in [1.54, 1.807) is 7.11 Å². The zero-order valence-corrected chi connectivity index (χ0v) is 11.2. The standard InChI is InChI=1S/C12H15IO2/c1-10(7-13)8-15-9-11-3-5-12(14-2)6-4-11/h3-7H,8-9H2,1-2H3/b10-7-. The van der Waals surface area contributed by atoms with E-state index in [9.17, 15) is 0 Å². The minimum absolute atomic E-state index is 0.645. The molecule has 0 atom stereocenters. The number of ether oxygens (including phenoxy) is 2. The van der Waals surface area contributed by atoms with Gasteiger partial charge in [0.25, 0.3) is 0 Å². The van der Waals surface area contributed by atoms with E-state index in [1.165, 1.54) is 5.57 Å². The highest BCUT2D eigenvalue weighted by Gasteiger charge is 1.95. The molecule has 0 amide bonds. The number of methoxy groups -OCH3 is 1. The van der Waals surface area contributed by atoms with Crippen molar-refractivity contribution in [2.24, 2.45) is 0 Å². The average Bonchev–Trinajstić information content (AvgIpc) is 2.29. The molecule has 3 heteroatoms. The first-order valence-electron chi connectivity index (χ1n) is 4.73. The molecule has 1 rings (SSSR count). The first-order chi connectivity index (χ1) is 7.26. The fourth-order valence-electron chi connectivity index (χ4n) is 1.08. The second kappa shape index (κ2) is 6.85. The Morgan fingerprint density at radius 1 is 1.33 bits per heavy atom. The van der Waals surface area contributed by atoms with E-state index >= 15 is 0 Å². The molecule has 15 heavy (non-hydrogen) atoms. The topological polar surface area (TPSA) is 18.5 Å². The number of halogens is 1. The van der Waals surface area contributed by atoms with Crippen LogP contribution in [0.5, 0.6) is 5.75 Å². The zero-order chi connectivity index (χ0) is 11.1. The van der Waals surface area contributed by atoms with Gasteiger partial charge in [-0.3, -0.25) is 0 Å². The second-order valence-corrected chi connectivity index (χ2v) is 3.92. The molecular formula is C12H15IO2. The molecule has 0 aliphatic carbocycles. The summed E-state index contributed by atoms with van der Waals surface area (Å²) >= 11 is 2.22. The maximum atomic E-state index is 5.53. The number of hydrogen-bond acceptors (Lipinski definition) is 2. The summed E-state index contributed by atoms with van der Waals surface area (Å²) in [6.45, 7) is 3.39. The van der Waals surface area contributed by atoms with Crippen molar-refractivity contribution in [3.63, 3.8) is 0 Å². The van der Waals surface area contributed by atoms with Gasteiger partial charge in [-0.15, -0.1) is 0 Å². The molecule has 0 saturated heterocycles. The minimum Gasteiger partial charge on any atom is -0.497 e. The van der Waals surface area contributed by atoms with Gasteiger partial charge < -0.3 is 9.47 Å². The van der Waals surface area contributed by atoms with Crippen molar-refractivity contribution in [2.75, 3.05) is 13.7 Å². The fourth-order valence-corrected chi connectivity index (χ4v) is 1.26. The van der Waals surface area contributed by atoms with Crippen LogP contribution in [0.15, 0.2) is 33.9 Å². The molecule has 0 spiro atoms. The van der Waals surface area contributed by atoms with Crippen LogP contribution in [0.4, 0.5) is 0 Å². The van der Waals surface area contributed by atoms with E-state index in [2.05, 4.69) is 29.5 Å². The summed E-state index contributed by atoms with van der Waals surface area (Å²) in [6.07, 6.45) is 0. The SMILES string of the molecule is COc1ccc(COC/C(C)=C\I)cc1. The average molecular weight is 318 g/mol. The molecule has 1 aromatic rings. The van der Waals surface area contributed by atoms with E-state index in [-0.39, 0.29) is 0 Å². The predicted octanol–water partition coefficient (Wildman–Crippen LogP) is 3.55. The van der Waals surface area contributed by atoms with E-state index in [4.69, 9.17) is 9.47 Å². The van der Waals surface area contributed by atoms with Crippen molar-refractivity contribution in [3.8, 4) is 5.75 Å². The molecule has 0 bridgehead atoms. The maximum absolute atomic E-state index is 5.53. The van der Waals surface area contributed by atoms with Crippen LogP contribution in [0.1, 0.15) is 12.5 Å². The van der Waals surface area contributed by atoms with Crippen LogP contribution < -0.4 is 4.74 Å². The molecule has 0 N–H and O–H groups in total. The number of benzene rings is 1. The molecule has 82 valence electrons. The lowest BCUT2D eigenvalue weighted by Crippen LogP contribution is -1.96. The molecular weight excluding hydrogens is 303 g/mol. The Kier molecular flexibility index (Phi) is 5.71. The van der Waals surface area contributed by atoms with Gasteiger partial charge in [-0.2, -0.15) is 0 Å². The van der Waals surface area contributed by atoms with Crippen LogP contribution in [0, 0.1) is 0 Å². The van der Waals surface area contributed by atoms with Gasteiger partial charge in [0.05, 0.1) is 20.3 Å². The van der Waals surface area contributed by atoms with E-state index < -0.39 is 0 Å². The first-order valence-corrected chi connectivity index (χ1v) is 5.97. The van der Waals surface area contributed by atoms with Crippen molar-refractivity contribution in [1.82, 2.24) is 0 Å². The van der Waals surface area contributed by atoms with Crippen molar-refractivity contribution < 1.29 is 9.47 Å². The van der Waals surface area contributed by atoms with Gasteiger partial charge >= 0.3 is 0 Å². The first kappa shape index (κ1) is 12.5. The Morgan fingerprint density at radius 3 is 2.53 bits per heavy atom. The summed E-state index contributed by atoms with van der Waals surface area (Å²) < 4.78 is 12.6. The van der Waals surface area contributed by atoms with Crippen LogP contribution in [-0.2, 0) is 11.3 Å². The molecule has 0 aliphatic heterocycles. The number of hydrogen-bond donors (Lipinski definition) is 0. The Bertz CT molecular complexity index is 317. The van der Waals surface area contributed by atoms with E-state index in [0.29, 0.717) is 13.2 Å². The van der Waals surface area contributed by atoms with Crippen LogP contribution in [0.2, 0.25) is 0 Å². The third-order valence-electron chi connectivity index (χ3n) is 1.94. The highest BCUT2D eigenvalue weighted by Crippen LogP contribution is 2.12. The Morgan fingerprint density at radius 2 is 2.00 bits per heavy atom. The largest absolute Gasteiger partial charge is 0.497 e. The molecule has 0 fully saturated rings. The van der Waals surface area contributed by atoms with Gasteiger partial charge in [0.1, 0.15) is 5.75 Å². The van der Waals surface area contributed by atoms with Crippen molar-refractivity contribution >= 4 is 22.6 Å². The van der Waals surface area contributed by atoms with Crippen LogP contribution >= 0.6 is 22.6 Å². The number of rotatable bonds is 5. The molecule has 0 aliphatic rings. The Labute approximate surface area is 104 Å².